The Kier molecular flexibility index (Phi) is 3.57. The van der Waals surface area contributed by atoms with E-state index in [1.807, 2.05) is 0 Å². The van der Waals surface area contributed by atoms with Gasteiger partial charge in [0.15, 0.2) is 0 Å². The van der Waals surface area contributed by atoms with E-state index in [1.54, 1.807) is 0 Å². The Morgan fingerprint density at radius 1 is 1.19 bits per heavy atom. The van der Waals surface area contributed by atoms with Gasteiger partial charge in [0.1, 0.15) is 5.82 Å². The van der Waals surface area contributed by atoms with Crippen LogP contribution in [0.1, 0.15) is 29.2 Å². The SMILES string of the molecule is Cc1cc(C(N)CC(F)(F)F)cc(C)c1F. The Hall–Kier alpha value is -1.10. The normalized spacial score (nSPS) is 13.9. The molecule has 0 aromatic heterocycles. The molecule has 5 heteroatoms. The molecule has 0 spiro atoms. The molecule has 1 aromatic rings. The van der Waals surface area contributed by atoms with Crippen LogP contribution >= 0.6 is 0 Å². The minimum absolute atomic E-state index is 0.313. The maximum Gasteiger partial charge on any atom is 0.390 e. The fraction of sp³-hybridized carbons (Fsp3) is 0.455. The lowest BCUT2D eigenvalue weighted by molar-refractivity contribution is -0.138. The van der Waals surface area contributed by atoms with Crippen LogP contribution < -0.4 is 5.73 Å². The zero-order valence-electron chi connectivity index (χ0n) is 9.03. The van der Waals surface area contributed by atoms with Crippen LogP contribution in [0.5, 0.6) is 0 Å². The van der Waals surface area contributed by atoms with Crippen LogP contribution in [0.2, 0.25) is 0 Å². The van der Waals surface area contributed by atoms with Gasteiger partial charge in [-0.05, 0) is 30.5 Å². The van der Waals surface area contributed by atoms with Crippen LogP contribution in [0.15, 0.2) is 12.1 Å². The predicted octanol–water partition coefficient (Wildman–Crippen LogP) is 3.39. The highest BCUT2D eigenvalue weighted by Gasteiger charge is 2.31. The van der Waals surface area contributed by atoms with E-state index >= 15 is 0 Å². The molecule has 1 rings (SSSR count). The van der Waals surface area contributed by atoms with Gasteiger partial charge >= 0.3 is 6.18 Å². The van der Waals surface area contributed by atoms with Gasteiger partial charge in [0.25, 0.3) is 0 Å². The van der Waals surface area contributed by atoms with Crippen molar-refractivity contribution >= 4 is 0 Å². The third-order valence-electron chi connectivity index (χ3n) is 2.34. The fourth-order valence-electron chi connectivity index (χ4n) is 1.56. The Labute approximate surface area is 91.3 Å². The number of hydrogen-bond donors (Lipinski definition) is 1. The zero-order valence-corrected chi connectivity index (χ0v) is 9.03. The topological polar surface area (TPSA) is 26.0 Å². The number of hydrogen-bond acceptors (Lipinski definition) is 1. The molecule has 16 heavy (non-hydrogen) atoms. The Morgan fingerprint density at radius 3 is 2.00 bits per heavy atom. The van der Waals surface area contributed by atoms with Crippen molar-refractivity contribution in [2.45, 2.75) is 32.5 Å². The average molecular weight is 235 g/mol. The van der Waals surface area contributed by atoms with Crippen molar-refractivity contribution in [1.29, 1.82) is 0 Å². The standard InChI is InChI=1S/C11H13F4N/c1-6-3-8(4-7(2)10(6)12)9(16)5-11(13,14)15/h3-4,9H,5,16H2,1-2H3. The summed E-state index contributed by atoms with van der Waals surface area (Å²) in [5.74, 6) is -0.400. The first-order chi connectivity index (χ1) is 7.20. The molecule has 0 saturated carbocycles. The van der Waals surface area contributed by atoms with Crippen LogP contribution in [-0.4, -0.2) is 6.18 Å². The summed E-state index contributed by atoms with van der Waals surface area (Å²) in [5.41, 5.74) is 6.37. The second-order valence-corrected chi connectivity index (χ2v) is 3.89. The van der Waals surface area contributed by atoms with E-state index in [4.69, 9.17) is 5.73 Å². The van der Waals surface area contributed by atoms with Crippen molar-refractivity contribution in [3.63, 3.8) is 0 Å². The van der Waals surface area contributed by atoms with Crippen molar-refractivity contribution in [1.82, 2.24) is 0 Å². The second-order valence-electron chi connectivity index (χ2n) is 3.89. The maximum absolute atomic E-state index is 13.2. The lowest BCUT2D eigenvalue weighted by atomic mass is 9.99. The molecule has 0 bridgehead atoms. The molecule has 0 aliphatic carbocycles. The molecule has 0 aliphatic heterocycles. The van der Waals surface area contributed by atoms with Gasteiger partial charge in [-0.3, -0.25) is 0 Å². The first kappa shape index (κ1) is 13.0. The van der Waals surface area contributed by atoms with Crippen LogP contribution in [0.25, 0.3) is 0 Å². The summed E-state index contributed by atoms with van der Waals surface area (Å²) in [6, 6.07) is 1.58. The number of nitrogens with two attached hydrogens (primary N) is 1. The summed E-state index contributed by atoms with van der Waals surface area (Å²) in [7, 11) is 0. The van der Waals surface area contributed by atoms with E-state index in [1.165, 1.54) is 26.0 Å². The van der Waals surface area contributed by atoms with Gasteiger partial charge in [-0.1, -0.05) is 12.1 Å². The Morgan fingerprint density at radius 2 is 1.62 bits per heavy atom. The van der Waals surface area contributed by atoms with Gasteiger partial charge in [-0.25, -0.2) is 4.39 Å². The van der Waals surface area contributed by atoms with Crippen LogP contribution in [0.3, 0.4) is 0 Å². The summed E-state index contributed by atoms with van der Waals surface area (Å²) in [4.78, 5) is 0. The number of alkyl halides is 3. The van der Waals surface area contributed by atoms with Gasteiger partial charge < -0.3 is 5.73 Å². The molecule has 2 N–H and O–H groups in total. The molecule has 1 unspecified atom stereocenters. The molecule has 0 fully saturated rings. The van der Waals surface area contributed by atoms with Crippen molar-refractivity contribution in [2.24, 2.45) is 5.73 Å². The fourth-order valence-corrected chi connectivity index (χ4v) is 1.56. The second kappa shape index (κ2) is 4.41. The smallest absolute Gasteiger partial charge is 0.324 e. The van der Waals surface area contributed by atoms with Crippen molar-refractivity contribution in [3.05, 3.63) is 34.6 Å². The lowest BCUT2D eigenvalue weighted by Crippen LogP contribution is -2.20. The molecule has 0 aliphatic rings. The third kappa shape index (κ3) is 3.20. The number of rotatable bonds is 2. The van der Waals surface area contributed by atoms with Crippen molar-refractivity contribution in [3.8, 4) is 0 Å². The Balaban J connectivity index is 2.97. The lowest BCUT2D eigenvalue weighted by Gasteiger charge is -2.16. The molecule has 0 heterocycles. The number of aryl methyl sites for hydroxylation is 2. The van der Waals surface area contributed by atoms with Crippen molar-refractivity contribution in [2.75, 3.05) is 0 Å². The minimum Gasteiger partial charge on any atom is -0.324 e. The highest BCUT2D eigenvalue weighted by Crippen LogP contribution is 2.29. The molecule has 0 radical (unpaired) electrons. The van der Waals surface area contributed by atoms with E-state index in [-0.39, 0.29) is 0 Å². The van der Waals surface area contributed by atoms with Gasteiger partial charge in [0.2, 0.25) is 0 Å². The molecular weight excluding hydrogens is 222 g/mol. The van der Waals surface area contributed by atoms with E-state index in [2.05, 4.69) is 0 Å². The van der Waals surface area contributed by atoms with Gasteiger partial charge in [0, 0.05) is 6.04 Å². The third-order valence-corrected chi connectivity index (χ3v) is 2.34. The average Bonchev–Trinajstić information content (AvgIpc) is 2.10. The van der Waals surface area contributed by atoms with Gasteiger partial charge in [-0.15, -0.1) is 0 Å². The van der Waals surface area contributed by atoms with Crippen LogP contribution in [-0.2, 0) is 0 Å². The molecule has 1 aromatic carbocycles. The van der Waals surface area contributed by atoms with E-state index in [0.717, 1.165) is 0 Å². The zero-order chi connectivity index (χ0) is 12.5. The summed E-state index contributed by atoms with van der Waals surface area (Å²) < 4.78 is 49.6. The molecule has 90 valence electrons. The van der Waals surface area contributed by atoms with E-state index in [0.29, 0.717) is 16.7 Å². The highest BCUT2D eigenvalue weighted by molar-refractivity contribution is 5.32. The highest BCUT2D eigenvalue weighted by atomic mass is 19.4. The van der Waals surface area contributed by atoms with Gasteiger partial charge in [-0.2, -0.15) is 13.2 Å². The minimum atomic E-state index is -4.31. The monoisotopic (exact) mass is 235 g/mol. The van der Waals surface area contributed by atoms with Crippen LogP contribution in [0, 0.1) is 19.7 Å². The predicted molar refractivity (Wildman–Crippen MR) is 53.5 cm³/mol. The molecule has 1 atom stereocenters. The molecular formula is C11H13F4N. The van der Waals surface area contributed by atoms with Crippen molar-refractivity contribution < 1.29 is 17.6 Å². The van der Waals surface area contributed by atoms with E-state index < -0.39 is 24.5 Å². The first-order valence-corrected chi connectivity index (χ1v) is 4.79. The molecule has 0 amide bonds. The quantitative estimate of drug-likeness (QED) is 0.781. The largest absolute Gasteiger partial charge is 0.390 e. The summed E-state index contributed by atoms with van der Waals surface area (Å²) >= 11 is 0. The summed E-state index contributed by atoms with van der Waals surface area (Å²) in [6.45, 7) is 3.01. The van der Waals surface area contributed by atoms with E-state index in [9.17, 15) is 17.6 Å². The molecule has 0 saturated heterocycles. The number of halogens is 4. The van der Waals surface area contributed by atoms with Gasteiger partial charge in [0.05, 0.1) is 6.42 Å². The number of benzene rings is 1. The van der Waals surface area contributed by atoms with Crippen LogP contribution in [0.4, 0.5) is 17.6 Å². The molecule has 1 nitrogen and oxygen atoms in total. The summed E-state index contributed by atoms with van der Waals surface area (Å²) in [6.07, 6.45) is -5.41. The first-order valence-electron chi connectivity index (χ1n) is 4.79. The Bertz CT molecular complexity index is 361. The summed E-state index contributed by atoms with van der Waals surface area (Å²) in [5, 5.41) is 0. The maximum atomic E-state index is 13.2.